The van der Waals surface area contributed by atoms with Crippen LogP contribution in [0.15, 0.2) is 18.2 Å². The van der Waals surface area contributed by atoms with Crippen molar-refractivity contribution in [3.05, 3.63) is 29.6 Å². The molecule has 0 aromatic heterocycles. The predicted molar refractivity (Wildman–Crippen MR) is 79.2 cm³/mol. The minimum atomic E-state index is -0.304. The van der Waals surface area contributed by atoms with Crippen LogP contribution in [0.25, 0.3) is 0 Å². The Morgan fingerprint density at radius 3 is 2.85 bits per heavy atom. The highest BCUT2D eigenvalue weighted by atomic mass is 19.1. The molecular weight excluding hydrogens is 255 g/mol. The fourth-order valence-corrected chi connectivity index (χ4v) is 2.63. The van der Waals surface area contributed by atoms with E-state index in [0.29, 0.717) is 12.1 Å². The zero-order valence-corrected chi connectivity index (χ0v) is 12.2. The third-order valence-corrected chi connectivity index (χ3v) is 4.06. The van der Waals surface area contributed by atoms with Gasteiger partial charge in [-0.2, -0.15) is 0 Å². The third-order valence-electron chi connectivity index (χ3n) is 4.06. The van der Waals surface area contributed by atoms with E-state index < -0.39 is 0 Å². The van der Waals surface area contributed by atoms with Gasteiger partial charge in [-0.1, -0.05) is 6.92 Å². The summed E-state index contributed by atoms with van der Waals surface area (Å²) in [6.45, 7) is 7.28. The number of rotatable bonds is 6. The molecule has 0 aliphatic carbocycles. The van der Waals surface area contributed by atoms with E-state index >= 15 is 0 Å². The Morgan fingerprint density at radius 2 is 2.10 bits per heavy atom. The number of likely N-dealkylation sites (tertiary alicyclic amines) is 1. The van der Waals surface area contributed by atoms with Gasteiger partial charge in [-0.15, -0.1) is 0 Å². The molecule has 3 nitrogen and oxygen atoms in total. The quantitative estimate of drug-likeness (QED) is 0.787. The molecule has 1 aromatic rings. The van der Waals surface area contributed by atoms with E-state index in [2.05, 4.69) is 17.1 Å². The number of hydrogen-bond acceptors (Lipinski definition) is 3. The van der Waals surface area contributed by atoms with Crippen molar-refractivity contribution in [2.45, 2.75) is 32.7 Å². The maximum Gasteiger partial charge on any atom is 0.123 e. The Hall–Kier alpha value is -1.13. The lowest BCUT2D eigenvalue weighted by molar-refractivity contribution is 0.190. The van der Waals surface area contributed by atoms with E-state index in [4.69, 9.17) is 0 Å². The normalized spacial score (nSPS) is 17.5. The van der Waals surface area contributed by atoms with Gasteiger partial charge in [-0.25, -0.2) is 4.39 Å². The molecule has 0 unspecified atom stereocenters. The minimum absolute atomic E-state index is 0.156. The van der Waals surface area contributed by atoms with Gasteiger partial charge in [-0.05, 0) is 69.6 Å². The highest BCUT2D eigenvalue weighted by molar-refractivity contribution is 5.32. The number of piperidine rings is 1. The van der Waals surface area contributed by atoms with Crippen LogP contribution < -0.4 is 5.32 Å². The van der Waals surface area contributed by atoms with Crippen molar-refractivity contribution < 1.29 is 9.50 Å². The monoisotopic (exact) mass is 280 g/mol. The molecule has 0 saturated carbocycles. The molecule has 1 aromatic carbocycles. The van der Waals surface area contributed by atoms with Crippen molar-refractivity contribution in [3.63, 3.8) is 0 Å². The Balaban J connectivity index is 1.61. The largest absolute Gasteiger partial charge is 0.508 e. The topological polar surface area (TPSA) is 35.5 Å². The van der Waals surface area contributed by atoms with Crippen LogP contribution in [0.1, 0.15) is 31.7 Å². The number of aromatic hydroxyl groups is 1. The van der Waals surface area contributed by atoms with Gasteiger partial charge in [0, 0.05) is 12.1 Å². The van der Waals surface area contributed by atoms with Crippen LogP contribution >= 0.6 is 0 Å². The van der Waals surface area contributed by atoms with Crippen molar-refractivity contribution in [2.75, 3.05) is 26.2 Å². The Morgan fingerprint density at radius 1 is 1.35 bits per heavy atom. The number of phenolic OH excluding ortho intramolecular Hbond substituents is 1. The summed E-state index contributed by atoms with van der Waals surface area (Å²) in [5, 5.41) is 12.9. The maximum absolute atomic E-state index is 13.1. The standard InChI is InChI=1S/C16H25FN2O/c1-13-5-9-19(10-6-13)8-2-7-18-12-14-11-15(17)3-4-16(14)20/h3-4,11,13,18,20H,2,5-10,12H2,1H3. The summed E-state index contributed by atoms with van der Waals surface area (Å²) in [6.07, 6.45) is 3.71. The fourth-order valence-electron chi connectivity index (χ4n) is 2.63. The zero-order chi connectivity index (χ0) is 14.4. The van der Waals surface area contributed by atoms with Crippen LogP contribution in [0, 0.1) is 11.7 Å². The number of phenols is 1. The molecule has 0 amide bonds. The summed E-state index contributed by atoms with van der Waals surface area (Å²) in [4.78, 5) is 2.52. The van der Waals surface area contributed by atoms with Crippen molar-refractivity contribution in [1.29, 1.82) is 0 Å². The van der Waals surface area contributed by atoms with Crippen molar-refractivity contribution in [1.82, 2.24) is 10.2 Å². The van der Waals surface area contributed by atoms with Gasteiger partial charge in [0.25, 0.3) is 0 Å². The molecule has 1 aliphatic rings. The van der Waals surface area contributed by atoms with Crippen LogP contribution in [0.4, 0.5) is 4.39 Å². The van der Waals surface area contributed by atoms with E-state index in [1.54, 1.807) is 0 Å². The molecule has 0 atom stereocenters. The van der Waals surface area contributed by atoms with Gasteiger partial charge in [0.1, 0.15) is 11.6 Å². The predicted octanol–water partition coefficient (Wildman–Crippen LogP) is 2.74. The van der Waals surface area contributed by atoms with E-state index in [0.717, 1.165) is 25.4 Å². The lowest BCUT2D eigenvalue weighted by Gasteiger charge is -2.30. The molecule has 0 spiro atoms. The number of halogens is 1. The molecule has 0 bridgehead atoms. The summed E-state index contributed by atoms with van der Waals surface area (Å²) < 4.78 is 13.1. The molecule has 2 N–H and O–H groups in total. The SMILES string of the molecule is CC1CCN(CCCNCc2cc(F)ccc2O)CC1. The summed E-state index contributed by atoms with van der Waals surface area (Å²) in [5.41, 5.74) is 0.622. The second-order valence-electron chi connectivity index (χ2n) is 5.83. The first-order valence-corrected chi connectivity index (χ1v) is 7.55. The average Bonchev–Trinajstić information content (AvgIpc) is 2.44. The Kier molecular flexibility index (Phi) is 5.80. The Labute approximate surface area is 120 Å². The minimum Gasteiger partial charge on any atom is -0.508 e. The van der Waals surface area contributed by atoms with E-state index in [-0.39, 0.29) is 11.6 Å². The second-order valence-corrected chi connectivity index (χ2v) is 5.83. The van der Waals surface area contributed by atoms with Gasteiger partial charge >= 0.3 is 0 Å². The first-order chi connectivity index (χ1) is 9.65. The highest BCUT2D eigenvalue weighted by Crippen LogP contribution is 2.17. The molecule has 1 aliphatic heterocycles. The van der Waals surface area contributed by atoms with Gasteiger partial charge in [-0.3, -0.25) is 0 Å². The van der Waals surface area contributed by atoms with Crippen molar-refractivity contribution >= 4 is 0 Å². The van der Waals surface area contributed by atoms with Crippen LogP contribution in [0.5, 0.6) is 5.75 Å². The van der Waals surface area contributed by atoms with Crippen LogP contribution in [0.2, 0.25) is 0 Å². The summed E-state index contributed by atoms with van der Waals surface area (Å²) in [6, 6.07) is 4.06. The first-order valence-electron chi connectivity index (χ1n) is 7.55. The van der Waals surface area contributed by atoms with E-state index in [1.165, 1.54) is 44.1 Å². The molecule has 1 fully saturated rings. The Bertz CT molecular complexity index is 417. The van der Waals surface area contributed by atoms with Crippen molar-refractivity contribution in [3.8, 4) is 5.75 Å². The lowest BCUT2D eigenvalue weighted by Crippen LogP contribution is -2.34. The lowest BCUT2D eigenvalue weighted by atomic mass is 9.99. The van der Waals surface area contributed by atoms with Crippen molar-refractivity contribution in [2.24, 2.45) is 5.92 Å². The molecule has 2 rings (SSSR count). The molecule has 112 valence electrons. The highest BCUT2D eigenvalue weighted by Gasteiger charge is 2.14. The number of hydrogen-bond donors (Lipinski definition) is 2. The number of benzene rings is 1. The van der Waals surface area contributed by atoms with Crippen LogP contribution in [-0.2, 0) is 6.54 Å². The molecule has 20 heavy (non-hydrogen) atoms. The molecule has 4 heteroatoms. The second kappa shape index (κ2) is 7.60. The van der Waals surface area contributed by atoms with Gasteiger partial charge in [0.05, 0.1) is 0 Å². The third kappa shape index (κ3) is 4.76. The number of nitrogens with one attached hydrogen (secondary N) is 1. The zero-order valence-electron chi connectivity index (χ0n) is 12.2. The molecule has 0 radical (unpaired) electrons. The van der Waals surface area contributed by atoms with Gasteiger partial charge < -0.3 is 15.3 Å². The van der Waals surface area contributed by atoms with Gasteiger partial charge in [0.15, 0.2) is 0 Å². The summed E-state index contributed by atoms with van der Waals surface area (Å²) >= 11 is 0. The van der Waals surface area contributed by atoms with Crippen LogP contribution in [0.3, 0.4) is 0 Å². The van der Waals surface area contributed by atoms with E-state index in [9.17, 15) is 9.50 Å². The molecular formula is C16H25FN2O. The average molecular weight is 280 g/mol. The maximum atomic E-state index is 13.1. The summed E-state index contributed by atoms with van der Waals surface area (Å²) in [7, 11) is 0. The van der Waals surface area contributed by atoms with Crippen LogP contribution in [-0.4, -0.2) is 36.2 Å². The van der Waals surface area contributed by atoms with Gasteiger partial charge in [0.2, 0.25) is 0 Å². The molecule has 1 saturated heterocycles. The molecule has 1 heterocycles. The summed E-state index contributed by atoms with van der Waals surface area (Å²) in [5.74, 6) is 0.728. The smallest absolute Gasteiger partial charge is 0.123 e. The first kappa shape index (κ1) is 15.3. The number of nitrogens with zero attached hydrogens (tertiary/aromatic N) is 1. The fraction of sp³-hybridized carbons (Fsp3) is 0.625. The van der Waals surface area contributed by atoms with E-state index in [1.807, 2.05) is 0 Å².